The molecule has 4 aromatic rings. The molecule has 0 saturated carbocycles. The van der Waals surface area contributed by atoms with Gasteiger partial charge in [-0.3, -0.25) is 4.79 Å². The second kappa shape index (κ2) is 10.8. The van der Waals surface area contributed by atoms with Crippen LogP contribution >= 0.6 is 27.5 Å². The SMILES string of the molecule is CCOC(=O)[C@H](C)Oc1c(Br)cc(Cl)cc1C=Nn1c(-c2ccccc2)nc2ccccc2c1=O. The van der Waals surface area contributed by atoms with Gasteiger partial charge < -0.3 is 9.47 Å². The molecule has 9 heteroatoms. The summed E-state index contributed by atoms with van der Waals surface area (Å²) in [5.74, 6) is 0.217. The summed E-state index contributed by atoms with van der Waals surface area (Å²) in [5.41, 5.74) is 1.43. The maximum atomic E-state index is 13.4. The van der Waals surface area contributed by atoms with Gasteiger partial charge in [-0.15, -0.1) is 0 Å². The van der Waals surface area contributed by atoms with Gasteiger partial charge in [0.15, 0.2) is 11.9 Å². The van der Waals surface area contributed by atoms with Gasteiger partial charge in [0, 0.05) is 16.1 Å². The van der Waals surface area contributed by atoms with Crippen molar-refractivity contribution in [2.75, 3.05) is 6.61 Å². The highest BCUT2D eigenvalue weighted by atomic mass is 79.9. The molecule has 35 heavy (non-hydrogen) atoms. The van der Waals surface area contributed by atoms with Gasteiger partial charge in [0.05, 0.1) is 28.2 Å². The van der Waals surface area contributed by atoms with Crippen molar-refractivity contribution in [2.24, 2.45) is 5.10 Å². The lowest BCUT2D eigenvalue weighted by Gasteiger charge is -2.17. The van der Waals surface area contributed by atoms with Crippen LogP contribution in [0.25, 0.3) is 22.3 Å². The first-order chi connectivity index (χ1) is 16.9. The van der Waals surface area contributed by atoms with Gasteiger partial charge in [-0.05, 0) is 54.0 Å². The van der Waals surface area contributed by atoms with Crippen LogP contribution in [0.1, 0.15) is 19.4 Å². The summed E-state index contributed by atoms with van der Waals surface area (Å²) < 4.78 is 12.7. The molecule has 1 heterocycles. The molecule has 0 aliphatic rings. The maximum Gasteiger partial charge on any atom is 0.347 e. The van der Waals surface area contributed by atoms with Gasteiger partial charge in [0.2, 0.25) is 0 Å². The van der Waals surface area contributed by atoms with E-state index in [9.17, 15) is 9.59 Å². The lowest BCUT2D eigenvalue weighted by molar-refractivity contribution is -0.150. The molecule has 0 amide bonds. The molecule has 0 bridgehead atoms. The van der Waals surface area contributed by atoms with Crippen LogP contribution < -0.4 is 10.3 Å². The van der Waals surface area contributed by atoms with Gasteiger partial charge in [-0.1, -0.05) is 54.1 Å². The third-order valence-electron chi connectivity index (χ3n) is 5.05. The molecular formula is C26H21BrClN3O4. The lowest BCUT2D eigenvalue weighted by atomic mass is 10.2. The summed E-state index contributed by atoms with van der Waals surface area (Å²) in [7, 11) is 0. The second-order valence-corrected chi connectivity index (χ2v) is 8.79. The number of halogens is 2. The average molecular weight is 555 g/mol. The molecule has 3 aromatic carbocycles. The van der Waals surface area contributed by atoms with Gasteiger partial charge in [0.1, 0.15) is 5.75 Å². The molecule has 178 valence electrons. The molecule has 0 saturated heterocycles. The molecule has 0 radical (unpaired) electrons. The van der Waals surface area contributed by atoms with Crippen LogP contribution in [0.3, 0.4) is 0 Å². The fourth-order valence-electron chi connectivity index (χ4n) is 3.41. The van der Waals surface area contributed by atoms with Crippen molar-refractivity contribution >= 4 is 50.6 Å². The summed E-state index contributed by atoms with van der Waals surface area (Å²) in [6, 6.07) is 19.7. The molecule has 7 nitrogen and oxygen atoms in total. The molecule has 0 fully saturated rings. The predicted molar refractivity (Wildman–Crippen MR) is 140 cm³/mol. The minimum Gasteiger partial charge on any atom is -0.477 e. The van der Waals surface area contributed by atoms with Crippen LogP contribution in [0.2, 0.25) is 5.02 Å². The van der Waals surface area contributed by atoms with Crippen molar-refractivity contribution in [2.45, 2.75) is 20.0 Å². The number of carbonyl (C=O) groups is 1. The molecule has 0 unspecified atom stereocenters. The number of fused-ring (bicyclic) bond motifs is 1. The Kier molecular flexibility index (Phi) is 7.63. The zero-order valence-corrected chi connectivity index (χ0v) is 21.3. The zero-order chi connectivity index (χ0) is 24.9. The average Bonchev–Trinajstić information content (AvgIpc) is 2.85. The van der Waals surface area contributed by atoms with Gasteiger partial charge >= 0.3 is 5.97 Å². The van der Waals surface area contributed by atoms with Crippen molar-refractivity contribution in [1.29, 1.82) is 0 Å². The van der Waals surface area contributed by atoms with Crippen LogP contribution in [0.4, 0.5) is 0 Å². The van der Waals surface area contributed by atoms with E-state index in [4.69, 9.17) is 21.1 Å². The summed E-state index contributed by atoms with van der Waals surface area (Å²) >= 11 is 9.70. The topological polar surface area (TPSA) is 82.8 Å². The number of carbonyl (C=O) groups excluding carboxylic acids is 1. The summed E-state index contributed by atoms with van der Waals surface area (Å²) in [6.45, 7) is 3.55. The van der Waals surface area contributed by atoms with Crippen molar-refractivity contribution in [3.8, 4) is 17.1 Å². The number of hydrogen-bond donors (Lipinski definition) is 0. The highest BCUT2D eigenvalue weighted by Gasteiger charge is 2.20. The highest BCUT2D eigenvalue weighted by molar-refractivity contribution is 9.10. The van der Waals surface area contributed by atoms with Crippen molar-refractivity contribution in [1.82, 2.24) is 9.66 Å². The number of aromatic nitrogens is 2. The summed E-state index contributed by atoms with van der Waals surface area (Å²) in [5, 5.41) is 5.33. The van der Waals surface area contributed by atoms with E-state index < -0.39 is 12.1 Å². The number of para-hydroxylation sites is 1. The number of hydrogen-bond acceptors (Lipinski definition) is 6. The fourth-order valence-corrected chi connectivity index (χ4v) is 4.34. The Morgan fingerprint density at radius 1 is 1.17 bits per heavy atom. The molecule has 0 aliphatic carbocycles. The van der Waals surface area contributed by atoms with E-state index >= 15 is 0 Å². The first-order valence-electron chi connectivity index (χ1n) is 10.8. The smallest absolute Gasteiger partial charge is 0.347 e. The molecule has 1 atom stereocenters. The Labute approximate surface area is 215 Å². The van der Waals surface area contributed by atoms with Crippen LogP contribution in [0.15, 0.2) is 81.1 Å². The molecule has 4 rings (SSSR count). The number of nitrogens with zero attached hydrogens (tertiary/aromatic N) is 3. The van der Waals surface area contributed by atoms with Gasteiger partial charge in [0.25, 0.3) is 5.56 Å². The van der Waals surface area contributed by atoms with E-state index in [1.54, 1.807) is 44.2 Å². The highest BCUT2D eigenvalue weighted by Crippen LogP contribution is 2.33. The van der Waals surface area contributed by atoms with Gasteiger partial charge in [-0.25, -0.2) is 9.78 Å². The maximum absolute atomic E-state index is 13.4. The standard InChI is InChI=1S/C26H21BrClN3O4/c1-3-34-26(33)16(2)35-23-18(13-19(28)14-21(23)27)15-29-31-24(17-9-5-4-6-10-17)30-22-12-8-7-11-20(22)25(31)32/h4-16H,3H2,1-2H3/t16-/m0/s1. The quantitative estimate of drug-likeness (QED) is 0.216. The summed E-state index contributed by atoms with van der Waals surface area (Å²) in [4.78, 5) is 30.2. The molecule has 0 spiro atoms. The Morgan fingerprint density at radius 3 is 2.63 bits per heavy atom. The Morgan fingerprint density at radius 2 is 1.89 bits per heavy atom. The van der Waals surface area contributed by atoms with E-state index in [1.807, 2.05) is 36.4 Å². The van der Waals surface area contributed by atoms with Crippen molar-refractivity contribution < 1.29 is 14.3 Å². The monoisotopic (exact) mass is 553 g/mol. The first kappa shape index (κ1) is 24.6. The number of ether oxygens (including phenoxy) is 2. The molecular weight excluding hydrogens is 534 g/mol. The number of rotatable bonds is 7. The largest absolute Gasteiger partial charge is 0.477 e. The minimum atomic E-state index is -0.871. The van der Waals surface area contributed by atoms with E-state index in [0.29, 0.717) is 37.5 Å². The minimum absolute atomic E-state index is 0.239. The van der Waals surface area contributed by atoms with Crippen molar-refractivity contribution in [3.05, 3.63) is 92.1 Å². The van der Waals surface area contributed by atoms with Crippen LogP contribution in [-0.2, 0) is 9.53 Å². The third-order valence-corrected chi connectivity index (χ3v) is 5.86. The van der Waals surface area contributed by atoms with Crippen molar-refractivity contribution in [3.63, 3.8) is 0 Å². The number of benzene rings is 3. The Hall–Kier alpha value is -3.49. The number of esters is 1. The van der Waals surface area contributed by atoms with Crippen LogP contribution in [-0.4, -0.2) is 34.6 Å². The fraction of sp³-hybridized carbons (Fsp3) is 0.154. The third kappa shape index (κ3) is 5.44. The Bertz CT molecular complexity index is 1470. The molecule has 0 aliphatic heterocycles. The van der Waals surface area contributed by atoms with E-state index in [1.165, 1.54) is 10.9 Å². The van der Waals surface area contributed by atoms with Crippen LogP contribution in [0, 0.1) is 0 Å². The summed E-state index contributed by atoms with van der Waals surface area (Å²) in [6.07, 6.45) is 0.582. The predicted octanol–water partition coefficient (Wildman–Crippen LogP) is 5.69. The van der Waals surface area contributed by atoms with Gasteiger partial charge in [-0.2, -0.15) is 9.78 Å². The zero-order valence-electron chi connectivity index (χ0n) is 18.9. The van der Waals surface area contributed by atoms with E-state index in [-0.39, 0.29) is 12.2 Å². The Balaban J connectivity index is 1.84. The van der Waals surface area contributed by atoms with E-state index in [2.05, 4.69) is 26.0 Å². The normalized spacial score (nSPS) is 12.1. The lowest BCUT2D eigenvalue weighted by Crippen LogP contribution is -2.26. The van der Waals surface area contributed by atoms with Crippen LogP contribution in [0.5, 0.6) is 5.75 Å². The van der Waals surface area contributed by atoms with E-state index in [0.717, 1.165) is 5.56 Å². The molecule has 0 N–H and O–H groups in total. The first-order valence-corrected chi connectivity index (χ1v) is 12.0. The second-order valence-electron chi connectivity index (χ2n) is 7.50. The molecule has 1 aromatic heterocycles.